The lowest BCUT2D eigenvalue weighted by Crippen LogP contribution is -2.19. The Hall–Kier alpha value is -0.930. The van der Waals surface area contributed by atoms with E-state index in [9.17, 15) is 4.39 Å². The van der Waals surface area contributed by atoms with E-state index < -0.39 is 0 Å². The van der Waals surface area contributed by atoms with Crippen LogP contribution in [0.25, 0.3) is 10.1 Å². The molecule has 0 spiro atoms. The first-order chi connectivity index (χ1) is 9.47. The van der Waals surface area contributed by atoms with Gasteiger partial charge >= 0.3 is 0 Å². The molecule has 20 heavy (non-hydrogen) atoms. The van der Waals surface area contributed by atoms with Crippen molar-refractivity contribution in [2.24, 2.45) is 11.8 Å². The summed E-state index contributed by atoms with van der Waals surface area (Å²) in [6.45, 7) is 10.8. The van der Waals surface area contributed by atoms with Crippen LogP contribution in [0.4, 0.5) is 4.39 Å². The molecule has 0 atom stereocenters. The summed E-state index contributed by atoms with van der Waals surface area (Å²) < 4.78 is 14.7. The van der Waals surface area contributed by atoms with Gasteiger partial charge in [0.15, 0.2) is 0 Å². The van der Waals surface area contributed by atoms with E-state index in [1.54, 1.807) is 23.5 Å². The lowest BCUT2D eigenvalue weighted by Gasteiger charge is -2.10. The number of halogens is 1. The smallest absolute Gasteiger partial charge is 0.123 e. The Morgan fingerprint density at radius 3 is 2.55 bits per heavy atom. The van der Waals surface area contributed by atoms with E-state index in [0.29, 0.717) is 11.8 Å². The third-order valence-electron chi connectivity index (χ3n) is 3.29. The molecule has 0 unspecified atom stereocenters. The predicted molar refractivity (Wildman–Crippen MR) is 86.9 cm³/mol. The molecule has 2 aromatic rings. The highest BCUT2D eigenvalue weighted by atomic mass is 32.1. The van der Waals surface area contributed by atoms with Crippen molar-refractivity contribution in [3.63, 3.8) is 0 Å². The van der Waals surface area contributed by atoms with Crippen LogP contribution in [-0.2, 0) is 13.0 Å². The van der Waals surface area contributed by atoms with E-state index in [0.717, 1.165) is 24.9 Å². The topological polar surface area (TPSA) is 12.0 Å². The molecular weight excluding hydrogens is 269 g/mol. The first kappa shape index (κ1) is 15.5. The summed E-state index contributed by atoms with van der Waals surface area (Å²) in [4.78, 5) is 1.36. The van der Waals surface area contributed by atoms with E-state index in [1.807, 2.05) is 6.07 Å². The Morgan fingerprint density at radius 1 is 1.15 bits per heavy atom. The minimum Gasteiger partial charge on any atom is -0.312 e. The van der Waals surface area contributed by atoms with Gasteiger partial charge in [-0.05, 0) is 54.0 Å². The van der Waals surface area contributed by atoms with E-state index >= 15 is 0 Å². The summed E-state index contributed by atoms with van der Waals surface area (Å²) in [7, 11) is 0. The predicted octanol–water partition coefficient (Wildman–Crippen LogP) is 4.98. The van der Waals surface area contributed by atoms with Crippen molar-refractivity contribution < 1.29 is 4.39 Å². The zero-order valence-corrected chi connectivity index (χ0v) is 13.6. The van der Waals surface area contributed by atoms with E-state index in [4.69, 9.17) is 0 Å². The molecule has 0 radical (unpaired) electrons. The Morgan fingerprint density at radius 2 is 1.90 bits per heavy atom. The van der Waals surface area contributed by atoms with Crippen molar-refractivity contribution >= 4 is 21.4 Å². The summed E-state index contributed by atoms with van der Waals surface area (Å²) in [6.07, 6.45) is 1.02. The number of fused-ring (bicyclic) bond motifs is 1. The SMILES string of the molecule is CC(C)CNCc1sc2ccc(F)cc2c1CC(C)C. The molecule has 0 saturated carbocycles. The highest BCUT2D eigenvalue weighted by Gasteiger charge is 2.14. The molecule has 0 amide bonds. The largest absolute Gasteiger partial charge is 0.312 e. The number of thiophene rings is 1. The standard InChI is InChI=1S/C17H24FNS/c1-11(2)7-14-15-8-13(18)5-6-16(15)20-17(14)10-19-9-12(3)4/h5-6,8,11-12,19H,7,9-10H2,1-4H3. The van der Waals surface area contributed by atoms with Crippen LogP contribution in [0, 0.1) is 17.7 Å². The van der Waals surface area contributed by atoms with Crippen molar-refractivity contribution in [3.8, 4) is 0 Å². The van der Waals surface area contributed by atoms with Gasteiger partial charge in [0, 0.05) is 16.1 Å². The van der Waals surface area contributed by atoms with Crippen LogP contribution in [0.5, 0.6) is 0 Å². The van der Waals surface area contributed by atoms with E-state index in [2.05, 4.69) is 33.0 Å². The summed E-state index contributed by atoms with van der Waals surface area (Å²) in [5.41, 5.74) is 1.33. The molecule has 3 heteroatoms. The number of rotatable bonds is 6. The quantitative estimate of drug-likeness (QED) is 0.791. The van der Waals surface area contributed by atoms with Gasteiger partial charge in [-0.15, -0.1) is 11.3 Å². The molecule has 0 aliphatic rings. The van der Waals surface area contributed by atoms with Crippen LogP contribution in [0.2, 0.25) is 0 Å². The molecule has 1 nitrogen and oxygen atoms in total. The van der Waals surface area contributed by atoms with Crippen LogP contribution >= 0.6 is 11.3 Å². The maximum absolute atomic E-state index is 13.5. The van der Waals surface area contributed by atoms with Gasteiger partial charge in [-0.25, -0.2) is 4.39 Å². The molecule has 1 N–H and O–H groups in total. The fourth-order valence-corrected chi connectivity index (χ4v) is 3.61. The van der Waals surface area contributed by atoms with Crippen molar-refractivity contribution in [1.29, 1.82) is 0 Å². The summed E-state index contributed by atoms with van der Waals surface area (Å²) in [5.74, 6) is 1.09. The Kier molecular flexibility index (Phi) is 5.17. The van der Waals surface area contributed by atoms with E-state index in [-0.39, 0.29) is 5.82 Å². The Balaban J connectivity index is 2.31. The summed E-state index contributed by atoms with van der Waals surface area (Å²) in [5, 5.41) is 4.61. The lowest BCUT2D eigenvalue weighted by atomic mass is 9.99. The van der Waals surface area contributed by atoms with Gasteiger partial charge in [-0.1, -0.05) is 27.7 Å². The zero-order valence-electron chi connectivity index (χ0n) is 12.8. The van der Waals surface area contributed by atoms with Crippen LogP contribution in [0.3, 0.4) is 0 Å². The number of benzene rings is 1. The average Bonchev–Trinajstić information content (AvgIpc) is 2.66. The number of nitrogens with one attached hydrogen (secondary N) is 1. The monoisotopic (exact) mass is 293 g/mol. The van der Waals surface area contributed by atoms with Gasteiger partial charge < -0.3 is 5.32 Å². The fourth-order valence-electron chi connectivity index (χ4n) is 2.42. The lowest BCUT2D eigenvalue weighted by molar-refractivity contribution is 0.552. The maximum Gasteiger partial charge on any atom is 0.123 e. The Bertz CT molecular complexity index is 572. The molecule has 0 aliphatic heterocycles. The molecule has 1 aromatic heterocycles. The normalized spacial score (nSPS) is 11.9. The van der Waals surface area contributed by atoms with E-state index in [1.165, 1.54) is 15.1 Å². The molecule has 0 bridgehead atoms. The van der Waals surface area contributed by atoms with Crippen LogP contribution in [-0.4, -0.2) is 6.54 Å². The van der Waals surface area contributed by atoms with Gasteiger partial charge in [0.2, 0.25) is 0 Å². The first-order valence-corrected chi connectivity index (χ1v) is 8.19. The van der Waals surface area contributed by atoms with Gasteiger partial charge in [-0.3, -0.25) is 0 Å². The minimum atomic E-state index is -0.137. The van der Waals surface area contributed by atoms with Gasteiger partial charge in [0.05, 0.1) is 0 Å². The second kappa shape index (κ2) is 6.68. The minimum absolute atomic E-state index is 0.137. The molecule has 110 valence electrons. The van der Waals surface area contributed by atoms with Crippen LogP contribution in [0.1, 0.15) is 38.1 Å². The summed E-state index contributed by atoms with van der Waals surface area (Å²) >= 11 is 1.80. The van der Waals surface area contributed by atoms with Gasteiger partial charge in [-0.2, -0.15) is 0 Å². The van der Waals surface area contributed by atoms with Gasteiger partial charge in [0.25, 0.3) is 0 Å². The fraction of sp³-hybridized carbons (Fsp3) is 0.529. The van der Waals surface area contributed by atoms with Crippen molar-refractivity contribution in [2.75, 3.05) is 6.54 Å². The first-order valence-electron chi connectivity index (χ1n) is 7.38. The molecule has 0 aliphatic carbocycles. The average molecular weight is 293 g/mol. The molecule has 0 saturated heterocycles. The molecule has 1 aromatic carbocycles. The maximum atomic E-state index is 13.5. The van der Waals surface area contributed by atoms with Gasteiger partial charge in [0.1, 0.15) is 5.82 Å². The second-order valence-corrected chi connectivity index (χ2v) is 7.40. The Labute approximate surface area is 125 Å². The molecule has 2 rings (SSSR count). The third-order valence-corrected chi connectivity index (χ3v) is 4.50. The number of hydrogen-bond acceptors (Lipinski definition) is 2. The highest BCUT2D eigenvalue weighted by Crippen LogP contribution is 2.33. The van der Waals surface area contributed by atoms with Crippen LogP contribution in [0.15, 0.2) is 18.2 Å². The third kappa shape index (κ3) is 3.80. The highest BCUT2D eigenvalue weighted by molar-refractivity contribution is 7.19. The molecule has 1 heterocycles. The molecular formula is C17H24FNS. The van der Waals surface area contributed by atoms with Crippen molar-refractivity contribution in [2.45, 2.75) is 40.7 Å². The zero-order chi connectivity index (χ0) is 14.7. The number of hydrogen-bond donors (Lipinski definition) is 1. The summed E-state index contributed by atoms with van der Waals surface area (Å²) in [6, 6.07) is 5.16. The van der Waals surface area contributed by atoms with Crippen LogP contribution < -0.4 is 5.32 Å². The molecule has 0 fully saturated rings. The van der Waals surface area contributed by atoms with Crippen molar-refractivity contribution in [1.82, 2.24) is 5.32 Å². The van der Waals surface area contributed by atoms with Crippen molar-refractivity contribution in [3.05, 3.63) is 34.5 Å². The second-order valence-electron chi connectivity index (χ2n) is 6.27.